The normalized spacial score (nSPS) is 11.4. The number of nitrogen functional groups attached to an aromatic ring is 1. The van der Waals surface area contributed by atoms with Crippen molar-refractivity contribution in [3.63, 3.8) is 0 Å². The van der Waals surface area contributed by atoms with Gasteiger partial charge < -0.3 is 5.73 Å². The molecule has 112 valence electrons. The summed E-state index contributed by atoms with van der Waals surface area (Å²) in [5, 5.41) is 0. The topological polar surface area (TPSA) is 72.2 Å². The smallest absolute Gasteiger partial charge is 0.267 e. The van der Waals surface area contributed by atoms with Gasteiger partial charge in [-0.25, -0.2) is 21.6 Å². The van der Waals surface area contributed by atoms with Crippen molar-refractivity contribution in [1.82, 2.24) is 0 Å². The third-order valence-electron chi connectivity index (χ3n) is 2.79. The van der Waals surface area contributed by atoms with E-state index >= 15 is 0 Å². The lowest BCUT2D eigenvalue weighted by Crippen LogP contribution is -2.18. The Hall–Kier alpha value is -2.22. The van der Waals surface area contributed by atoms with E-state index in [0.29, 0.717) is 0 Å². The van der Waals surface area contributed by atoms with Crippen molar-refractivity contribution in [3.8, 4) is 0 Å². The van der Waals surface area contributed by atoms with Gasteiger partial charge in [0.15, 0.2) is 5.82 Å². The van der Waals surface area contributed by atoms with Gasteiger partial charge in [0.1, 0.15) is 22.2 Å². The fraction of sp³-hybridized carbons (Fsp3) is 0.0769. The van der Waals surface area contributed by atoms with Gasteiger partial charge in [-0.2, -0.15) is 0 Å². The summed E-state index contributed by atoms with van der Waals surface area (Å²) < 4.78 is 66.9. The van der Waals surface area contributed by atoms with Crippen LogP contribution in [0.2, 0.25) is 0 Å². The zero-order valence-electron chi connectivity index (χ0n) is 10.8. The van der Waals surface area contributed by atoms with E-state index in [1.54, 1.807) is 4.72 Å². The van der Waals surface area contributed by atoms with Gasteiger partial charge >= 0.3 is 0 Å². The number of nitrogens with one attached hydrogen (secondary N) is 1. The molecule has 0 saturated carbocycles. The number of hydrogen-bond acceptors (Lipinski definition) is 3. The summed E-state index contributed by atoms with van der Waals surface area (Å²) >= 11 is 0. The predicted octanol–water partition coefficient (Wildman–Crippen LogP) is 2.80. The Kier molecular flexibility index (Phi) is 3.82. The molecule has 0 amide bonds. The van der Waals surface area contributed by atoms with Crippen molar-refractivity contribution in [3.05, 3.63) is 53.3 Å². The SMILES string of the molecule is Cc1ccc(F)c(NS(=O)(=O)c2c(N)cccc2F)c1F. The number of anilines is 2. The minimum atomic E-state index is -4.57. The Labute approximate surface area is 119 Å². The second-order valence-electron chi connectivity index (χ2n) is 4.32. The van der Waals surface area contributed by atoms with Gasteiger partial charge in [0.2, 0.25) is 0 Å². The molecule has 0 aliphatic rings. The number of benzene rings is 2. The van der Waals surface area contributed by atoms with E-state index in [2.05, 4.69) is 0 Å². The second-order valence-corrected chi connectivity index (χ2v) is 5.94. The van der Waals surface area contributed by atoms with E-state index in [0.717, 1.165) is 18.2 Å². The van der Waals surface area contributed by atoms with Crippen molar-refractivity contribution >= 4 is 21.4 Å². The first kappa shape index (κ1) is 15.2. The Balaban J connectivity index is 2.56. The minimum Gasteiger partial charge on any atom is -0.398 e. The van der Waals surface area contributed by atoms with Gasteiger partial charge in [0.05, 0.1) is 5.69 Å². The standard InChI is InChI=1S/C13H11F3N2O2S/c1-7-5-6-8(14)12(11(7)16)18-21(19,20)13-9(15)3-2-4-10(13)17/h2-6,18H,17H2,1H3. The van der Waals surface area contributed by atoms with Crippen LogP contribution in [0.15, 0.2) is 35.2 Å². The zero-order chi connectivity index (χ0) is 15.8. The zero-order valence-corrected chi connectivity index (χ0v) is 11.6. The van der Waals surface area contributed by atoms with Gasteiger partial charge in [0.25, 0.3) is 10.0 Å². The molecule has 0 bridgehead atoms. The third-order valence-corrected chi connectivity index (χ3v) is 4.23. The highest BCUT2D eigenvalue weighted by Gasteiger charge is 2.25. The molecule has 0 aliphatic carbocycles. The van der Waals surface area contributed by atoms with Gasteiger partial charge in [0, 0.05) is 0 Å². The van der Waals surface area contributed by atoms with E-state index in [1.807, 2.05) is 0 Å². The van der Waals surface area contributed by atoms with Crippen LogP contribution in [-0.2, 0) is 10.0 Å². The van der Waals surface area contributed by atoms with Crippen molar-refractivity contribution in [1.29, 1.82) is 0 Å². The van der Waals surface area contributed by atoms with Crippen molar-refractivity contribution in [2.45, 2.75) is 11.8 Å². The van der Waals surface area contributed by atoms with Crippen molar-refractivity contribution in [2.24, 2.45) is 0 Å². The molecule has 0 atom stereocenters. The van der Waals surface area contributed by atoms with Crippen LogP contribution in [0.3, 0.4) is 0 Å². The molecule has 0 aliphatic heterocycles. The molecule has 0 heterocycles. The summed E-state index contributed by atoms with van der Waals surface area (Å²) in [4.78, 5) is -0.856. The highest BCUT2D eigenvalue weighted by Crippen LogP contribution is 2.28. The predicted molar refractivity (Wildman–Crippen MR) is 72.7 cm³/mol. The first-order valence-corrected chi connectivity index (χ1v) is 7.24. The van der Waals surface area contributed by atoms with Crippen LogP contribution in [0, 0.1) is 24.4 Å². The molecule has 2 aromatic carbocycles. The van der Waals surface area contributed by atoms with E-state index in [9.17, 15) is 21.6 Å². The molecule has 2 rings (SSSR count). The van der Waals surface area contributed by atoms with Crippen LogP contribution < -0.4 is 10.5 Å². The van der Waals surface area contributed by atoms with Crippen LogP contribution in [0.1, 0.15) is 5.56 Å². The highest BCUT2D eigenvalue weighted by molar-refractivity contribution is 7.92. The largest absolute Gasteiger partial charge is 0.398 e. The van der Waals surface area contributed by atoms with Crippen LogP contribution in [-0.4, -0.2) is 8.42 Å². The number of sulfonamides is 1. The summed E-state index contributed by atoms with van der Waals surface area (Å²) in [5.74, 6) is -3.30. The lowest BCUT2D eigenvalue weighted by molar-refractivity contribution is 0.566. The molecule has 0 aromatic heterocycles. The number of aryl methyl sites for hydroxylation is 1. The van der Waals surface area contributed by atoms with E-state index < -0.39 is 38.1 Å². The first-order chi connectivity index (χ1) is 9.74. The molecule has 0 unspecified atom stereocenters. The maximum Gasteiger partial charge on any atom is 0.267 e. The molecule has 0 fully saturated rings. The first-order valence-electron chi connectivity index (χ1n) is 5.75. The average molecular weight is 316 g/mol. The minimum absolute atomic E-state index is 0.0376. The summed E-state index contributed by atoms with van der Waals surface area (Å²) in [7, 11) is -4.57. The summed E-state index contributed by atoms with van der Waals surface area (Å²) in [6.45, 7) is 1.34. The van der Waals surface area contributed by atoms with Crippen molar-refractivity contribution in [2.75, 3.05) is 10.5 Å². The molecule has 0 spiro atoms. The maximum atomic E-state index is 13.8. The second kappa shape index (κ2) is 5.28. The molecule has 8 heteroatoms. The average Bonchev–Trinajstić information content (AvgIpc) is 2.39. The summed E-state index contributed by atoms with van der Waals surface area (Å²) in [6, 6.07) is 5.33. The Bertz CT molecular complexity index is 787. The number of hydrogen-bond donors (Lipinski definition) is 2. The molecule has 21 heavy (non-hydrogen) atoms. The van der Waals surface area contributed by atoms with Gasteiger partial charge in [-0.3, -0.25) is 4.72 Å². The third kappa shape index (κ3) is 2.80. The van der Waals surface area contributed by atoms with Gasteiger partial charge in [-0.05, 0) is 30.7 Å². The van der Waals surface area contributed by atoms with Crippen molar-refractivity contribution < 1.29 is 21.6 Å². The van der Waals surface area contributed by atoms with Crippen LogP contribution >= 0.6 is 0 Å². The van der Waals surface area contributed by atoms with E-state index in [1.165, 1.54) is 19.1 Å². The fourth-order valence-electron chi connectivity index (χ4n) is 1.74. The number of nitrogens with two attached hydrogens (primary N) is 1. The molecular formula is C13H11F3N2O2S. The van der Waals surface area contributed by atoms with Crippen LogP contribution in [0.4, 0.5) is 24.5 Å². The van der Waals surface area contributed by atoms with Gasteiger partial charge in [-0.1, -0.05) is 12.1 Å². The molecule has 2 aromatic rings. The molecule has 3 N–H and O–H groups in total. The lowest BCUT2D eigenvalue weighted by Gasteiger charge is -2.13. The summed E-state index contributed by atoms with van der Waals surface area (Å²) in [6.07, 6.45) is 0. The van der Waals surface area contributed by atoms with E-state index in [-0.39, 0.29) is 11.3 Å². The Morgan fingerprint density at radius 1 is 1.05 bits per heavy atom. The molecule has 0 radical (unpaired) electrons. The quantitative estimate of drug-likeness (QED) is 0.855. The van der Waals surface area contributed by atoms with E-state index in [4.69, 9.17) is 5.73 Å². The van der Waals surface area contributed by atoms with Crippen LogP contribution in [0.5, 0.6) is 0 Å². The summed E-state index contributed by atoms with van der Waals surface area (Å²) in [5.41, 5.74) is 4.22. The molecular weight excluding hydrogens is 305 g/mol. The number of halogens is 3. The van der Waals surface area contributed by atoms with Gasteiger partial charge in [-0.15, -0.1) is 0 Å². The fourth-order valence-corrected chi connectivity index (χ4v) is 3.01. The Morgan fingerprint density at radius 3 is 2.33 bits per heavy atom. The lowest BCUT2D eigenvalue weighted by atomic mass is 10.2. The molecule has 4 nitrogen and oxygen atoms in total. The maximum absolute atomic E-state index is 13.8. The monoisotopic (exact) mass is 316 g/mol. The Morgan fingerprint density at radius 2 is 1.71 bits per heavy atom. The molecule has 0 saturated heterocycles. The van der Waals surface area contributed by atoms with Crippen LogP contribution in [0.25, 0.3) is 0 Å². The highest BCUT2D eigenvalue weighted by atomic mass is 32.2. The number of rotatable bonds is 3.